The number of rotatable bonds is 3. The Bertz CT molecular complexity index is 1140. The highest BCUT2D eigenvalue weighted by molar-refractivity contribution is 6.33. The number of carbonyl (C=O) groups is 1. The van der Waals surface area contributed by atoms with Crippen molar-refractivity contribution in [2.45, 2.75) is 24.8 Å². The third-order valence-corrected chi connectivity index (χ3v) is 6.99. The van der Waals surface area contributed by atoms with Gasteiger partial charge in [-0.1, -0.05) is 53.5 Å². The lowest BCUT2D eigenvalue weighted by Gasteiger charge is -2.40. The number of hydrogen-bond donors (Lipinski definition) is 0. The average molecular weight is 470 g/mol. The zero-order chi connectivity index (χ0) is 22.3. The number of hydrogen-bond acceptors (Lipinski definition) is 3. The minimum absolute atomic E-state index is 0.170. The smallest absolute Gasteiger partial charge is 0.258 e. The number of anilines is 1. The number of benzene rings is 2. The second-order valence-electron chi connectivity index (χ2n) is 8.60. The van der Waals surface area contributed by atoms with Crippen molar-refractivity contribution >= 4 is 34.8 Å². The van der Waals surface area contributed by atoms with Crippen LogP contribution in [0.5, 0.6) is 0 Å². The van der Waals surface area contributed by atoms with Gasteiger partial charge in [0.1, 0.15) is 16.1 Å². The average Bonchev–Trinajstić information content (AvgIpc) is 3.08. The van der Waals surface area contributed by atoms with E-state index in [9.17, 15) is 9.18 Å². The van der Waals surface area contributed by atoms with Gasteiger partial charge in [-0.2, -0.15) is 0 Å². The fourth-order valence-corrected chi connectivity index (χ4v) is 5.44. The van der Waals surface area contributed by atoms with Gasteiger partial charge < -0.3 is 4.90 Å². The van der Waals surface area contributed by atoms with E-state index in [4.69, 9.17) is 23.2 Å². The van der Waals surface area contributed by atoms with Crippen LogP contribution in [-0.4, -0.2) is 35.4 Å². The minimum atomic E-state index is -0.279. The lowest BCUT2D eigenvalue weighted by molar-refractivity contribution is 0.0975. The summed E-state index contributed by atoms with van der Waals surface area (Å²) in [6, 6.07) is 18.2. The molecule has 0 saturated carbocycles. The summed E-state index contributed by atoms with van der Waals surface area (Å²) in [5.74, 6) is -0.480. The zero-order valence-corrected chi connectivity index (χ0v) is 18.9. The molecule has 2 aliphatic rings. The molecule has 5 rings (SSSR count). The molecule has 32 heavy (non-hydrogen) atoms. The Hall–Kier alpha value is -2.47. The Balaban J connectivity index is 1.41. The molecule has 0 unspecified atom stereocenters. The number of nitrogens with zero attached hydrogens (tertiary/aromatic N) is 3. The van der Waals surface area contributed by atoms with Crippen LogP contribution >= 0.6 is 23.2 Å². The van der Waals surface area contributed by atoms with Crippen LogP contribution in [0.1, 0.15) is 34.3 Å². The highest BCUT2D eigenvalue weighted by Crippen LogP contribution is 2.48. The number of amides is 1. The SMILES string of the molecule is O=C(c1cc(Cl)nc(Cl)c1)N1CC2(CCN(Cc3ccccc3)CC2)c2cc(F)ccc21. The first-order chi connectivity index (χ1) is 15.4. The highest BCUT2D eigenvalue weighted by Gasteiger charge is 2.46. The van der Waals surface area contributed by atoms with Crippen LogP contribution in [0.15, 0.2) is 60.7 Å². The fourth-order valence-electron chi connectivity index (χ4n) is 4.98. The molecule has 1 saturated heterocycles. The fraction of sp³-hybridized carbons (Fsp3) is 0.280. The molecule has 2 aromatic carbocycles. The number of aromatic nitrogens is 1. The molecule has 0 N–H and O–H groups in total. The normalized spacial score (nSPS) is 17.5. The van der Waals surface area contributed by atoms with E-state index in [2.05, 4.69) is 34.1 Å². The first-order valence-electron chi connectivity index (χ1n) is 10.6. The van der Waals surface area contributed by atoms with E-state index in [1.807, 2.05) is 6.07 Å². The molecule has 164 valence electrons. The van der Waals surface area contributed by atoms with Crippen molar-refractivity contribution in [1.82, 2.24) is 9.88 Å². The molecule has 1 aromatic heterocycles. The summed E-state index contributed by atoms with van der Waals surface area (Å²) in [5, 5.41) is 0.339. The summed E-state index contributed by atoms with van der Waals surface area (Å²) in [4.78, 5) is 21.5. The Morgan fingerprint density at radius 3 is 2.38 bits per heavy atom. The van der Waals surface area contributed by atoms with Gasteiger partial charge in [0.25, 0.3) is 5.91 Å². The molecular formula is C25H22Cl2FN3O. The van der Waals surface area contributed by atoms with Crippen molar-refractivity contribution in [3.8, 4) is 0 Å². The first kappa shape index (κ1) is 21.4. The second kappa shape index (κ2) is 8.47. The van der Waals surface area contributed by atoms with Gasteiger partial charge >= 0.3 is 0 Å². The molecule has 3 heterocycles. The predicted octanol–water partition coefficient (Wildman–Crippen LogP) is 5.72. The Kier molecular flexibility index (Phi) is 5.66. The number of likely N-dealkylation sites (tertiary alicyclic amines) is 1. The molecule has 4 nitrogen and oxygen atoms in total. The van der Waals surface area contributed by atoms with Crippen molar-refractivity contribution in [3.05, 3.63) is 93.5 Å². The summed E-state index contributed by atoms with van der Waals surface area (Å²) in [7, 11) is 0. The molecule has 1 spiro atoms. The van der Waals surface area contributed by atoms with Crippen LogP contribution in [0.25, 0.3) is 0 Å². The van der Waals surface area contributed by atoms with Gasteiger partial charge in [-0.25, -0.2) is 9.37 Å². The first-order valence-corrected chi connectivity index (χ1v) is 11.4. The summed E-state index contributed by atoms with van der Waals surface area (Å²) in [6.07, 6.45) is 1.72. The van der Waals surface area contributed by atoms with Crippen molar-refractivity contribution in [2.24, 2.45) is 0 Å². The maximum absolute atomic E-state index is 14.3. The summed E-state index contributed by atoms with van der Waals surface area (Å²) < 4.78 is 14.3. The molecule has 2 aliphatic heterocycles. The third-order valence-electron chi connectivity index (χ3n) is 6.60. The van der Waals surface area contributed by atoms with Gasteiger partial charge in [0.2, 0.25) is 0 Å². The van der Waals surface area contributed by atoms with Gasteiger partial charge in [-0.05, 0) is 67.4 Å². The molecule has 1 amide bonds. The maximum atomic E-state index is 14.3. The number of halogens is 3. The molecule has 7 heteroatoms. The number of carbonyl (C=O) groups excluding carboxylic acids is 1. The van der Waals surface area contributed by atoms with E-state index in [0.29, 0.717) is 12.1 Å². The minimum Gasteiger partial charge on any atom is -0.307 e. The van der Waals surface area contributed by atoms with E-state index in [0.717, 1.165) is 43.7 Å². The van der Waals surface area contributed by atoms with E-state index >= 15 is 0 Å². The van der Waals surface area contributed by atoms with E-state index in [1.54, 1.807) is 17.0 Å². The molecule has 1 fully saturated rings. The molecule has 0 bridgehead atoms. The number of pyridine rings is 1. The maximum Gasteiger partial charge on any atom is 0.258 e. The quantitative estimate of drug-likeness (QED) is 0.460. The van der Waals surface area contributed by atoms with Crippen LogP contribution in [0.4, 0.5) is 10.1 Å². The predicted molar refractivity (Wildman–Crippen MR) is 125 cm³/mol. The topological polar surface area (TPSA) is 36.4 Å². The van der Waals surface area contributed by atoms with Crippen LogP contribution in [0.2, 0.25) is 10.3 Å². The van der Waals surface area contributed by atoms with Crippen molar-refractivity contribution in [2.75, 3.05) is 24.5 Å². The third kappa shape index (κ3) is 4.01. The molecular weight excluding hydrogens is 448 g/mol. The van der Waals surface area contributed by atoms with Crippen LogP contribution < -0.4 is 4.90 Å². The molecule has 0 atom stereocenters. The second-order valence-corrected chi connectivity index (χ2v) is 9.37. The van der Waals surface area contributed by atoms with E-state index in [1.165, 1.54) is 23.8 Å². The van der Waals surface area contributed by atoms with Crippen LogP contribution in [0, 0.1) is 5.82 Å². The van der Waals surface area contributed by atoms with Crippen molar-refractivity contribution in [1.29, 1.82) is 0 Å². The lowest BCUT2D eigenvalue weighted by Crippen LogP contribution is -2.45. The molecule has 3 aromatic rings. The van der Waals surface area contributed by atoms with Gasteiger partial charge in [0.15, 0.2) is 0 Å². The van der Waals surface area contributed by atoms with Crippen molar-refractivity contribution < 1.29 is 9.18 Å². The Morgan fingerprint density at radius 1 is 1.00 bits per heavy atom. The van der Waals surface area contributed by atoms with Gasteiger partial charge in [-0.15, -0.1) is 0 Å². The summed E-state index contributed by atoms with van der Waals surface area (Å²) in [6.45, 7) is 3.19. The largest absolute Gasteiger partial charge is 0.307 e. The van der Waals surface area contributed by atoms with E-state index < -0.39 is 0 Å². The lowest BCUT2D eigenvalue weighted by atomic mass is 9.74. The van der Waals surface area contributed by atoms with Crippen molar-refractivity contribution in [3.63, 3.8) is 0 Å². The van der Waals surface area contributed by atoms with Gasteiger partial charge in [-0.3, -0.25) is 9.69 Å². The summed E-state index contributed by atoms with van der Waals surface area (Å²) in [5.41, 5.74) is 3.07. The van der Waals surface area contributed by atoms with Gasteiger partial charge in [0.05, 0.1) is 0 Å². The van der Waals surface area contributed by atoms with E-state index in [-0.39, 0.29) is 27.4 Å². The Labute approximate surface area is 196 Å². The summed E-state index contributed by atoms with van der Waals surface area (Å²) >= 11 is 12.1. The standard InChI is InChI=1S/C25H22Cl2FN3O/c26-22-12-18(13-23(27)29-22)24(32)31-16-25(20-14-19(28)6-7-21(20)31)8-10-30(11-9-25)15-17-4-2-1-3-5-17/h1-7,12-14H,8-11,15-16H2. The number of fused-ring (bicyclic) bond motifs is 2. The van der Waals surface area contributed by atoms with Gasteiger partial charge in [0, 0.05) is 29.8 Å². The highest BCUT2D eigenvalue weighted by atomic mass is 35.5. The Morgan fingerprint density at radius 2 is 1.69 bits per heavy atom. The zero-order valence-electron chi connectivity index (χ0n) is 17.4. The van der Waals surface area contributed by atoms with Crippen LogP contribution in [0.3, 0.4) is 0 Å². The molecule has 0 radical (unpaired) electrons. The molecule has 0 aliphatic carbocycles. The number of piperidine rings is 1. The van der Waals surface area contributed by atoms with Crippen LogP contribution in [-0.2, 0) is 12.0 Å². The monoisotopic (exact) mass is 469 g/mol.